The summed E-state index contributed by atoms with van der Waals surface area (Å²) in [7, 11) is 0. The summed E-state index contributed by atoms with van der Waals surface area (Å²) in [5.74, 6) is -0.101. The number of alkyl halides is 3. The molecule has 0 amide bonds. The average Bonchev–Trinajstić information content (AvgIpc) is 2.39. The van der Waals surface area contributed by atoms with Crippen molar-refractivity contribution in [1.82, 2.24) is 0 Å². The van der Waals surface area contributed by atoms with Gasteiger partial charge in [-0.1, -0.05) is 0 Å². The largest absolute Gasteiger partial charge is 0.573 e. The summed E-state index contributed by atoms with van der Waals surface area (Å²) in [5.41, 5.74) is 6.17. The predicted octanol–water partition coefficient (Wildman–Crippen LogP) is 3.36. The Kier molecular flexibility index (Phi) is 9.90. The van der Waals surface area contributed by atoms with Gasteiger partial charge in [-0.05, 0) is 37.6 Å². The Morgan fingerprint density at radius 1 is 1.27 bits per heavy atom. The van der Waals surface area contributed by atoms with Crippen LogP contribution in [0.1, 0.15) is 13.3 Å². The number of guanidine groups is 1. The van der Waals surface area contributed by atoms with Gasteiger partial charge in [-0.25, -0.2) is 0 Å². The number of nitrogens with zero attached hydrogens (tertiary/aromatic N) is 1. The van der Waals surface area contributed by atoms with E-state index in [0.29, 0.717) is 25.4 Å². The van der Waals surface area contributed by atoms with Crippen LogP contribution in [0.25, 0.3) is 0 Å². The van der Waals surface area contributed by atoms with Gasteiger partial charge in [0, 0.05) is 25.4 Å². The monoisotopic (exact) mass is 433 g/mol. The van der Waals surface area contributed by atoms with Crippen LogP contribution in [-0.2, 0) is 4.74 Å². The van der Waals surface area contributed by atoms with Crippen LogP contribution >= 0.6 is 24.0 Å². The maximum Gasteiger partial charge on any atom is 0.573 e. The van der Waals surface area contributed by atoms with Gasteiger partial charge < -0.3 is 20.5 Å². The van der Waals surface area contributed by atoms with Gasteiger partial charge in [0.15, 0.2) is 5.96 Å². The van der Waals surface area contributed by atoms with Crippen LogP contribution in [0, 0.1) is 0 Å². The summed E-state index contributed by atoms with van der Waals surface area (Å²) in [6.07, 6.45) is -3.95. The van der Waals surface area contributed by atoms with Crippen LogP contribution in [0.5, 0.6) is 5.75 Å². The molecule has 0 aliphatic rings. The molecule has 0 heterocycles. The Balaban J connectivity index is 0.00000441. The molecule has 1 aromatic rings. The molecule has 9 heteroatoms. The second kappa shape index (κ2) is 10.5. The Bertz CT molecular complexity index is 453. The first-order valence-electron chi connectivity index (χ1n) is 6.41. The Morgan fingerprint density at radius 2 is 1.91 bits per heavy atom. The summed E-state index contributed by atoms with van der Waals surface area (Å²) in [5, 5.41) is 2.77. The molecule has 0 fully saturated rings. The van der Waals surface area contributed by atoms with Gasteiger partial charge in [-0.3, -0.25) is 4.99 Å². The molecule has 1 rings (SSSR count). The summed E-state index contributed by atoms with van der Waals surface area (Å²) in [4.78, 5) is 4.07. The molecule has 0 atom stereocenters. The maximum atomic E-state index is 12.0. The minimum atomic E-state index is -4.70. The van der Waals surface area contributed by atoms with E-state index in [9.17, 15) is 13.2 Å². The quantitative estimate of drug-likeness (QED) is 0.300. The molecule has 0 saturated heterocycles. The number of aliphatic imine (C=N–C) groups is 1. The molecular weight excluding hydrogens is 414 g/mol. The molecule has 3 N–H and O–H groups in total. The summed E-state index contributed by atoms with van der Waals surface area (Å²) in [6, 6.07) is 5.23. The van der Waals surface area contributed by atoms with Crippen molar-refractivity contribution in [2.45, 2.75) is 19.7 Å². The third kappa shape index (κ3) is 9.66. The topological polar surface area (TPSA) is 68.9 Å². The lowest BCUT2D eigenvalue weighted by Crippen LogP contribution is -2.23. The van der Waals surface area contributed by atoms with E-state index in [4.69, 9.17) is 10.5 Å². The summed E-state index contributed by atoms with van der Waals surface area (Å²) < 4.78 is 44.9. The van der Waals surface area contributed by atoms with Gasteiger partial charge in [0.25, 0.3) is 0 Å². The highest BCUT2D eigenvalue weighted by molar-refractivity contribution is 14.0. The van der Waals surface area contributed by atoms with Crippen molar-refractivity contribution >= 4 is 35.6 Å². The standard InChI is InChI=1S/C13H18F3N3O2.HI/c1-2-20-9-3-8-18-12(17)19-10-4-6-11(7-5-10)21-13(14,15)16;/h4-7H,2-3,8-9H2,1H3,(H3,17,18,19);1H. The van der Waals surface area contributed by atoms with E-state index in [0.717, 1.165) is 6.42 Å². The molecule has 0 aliphatic carbocycles. The SMILES string of the molecule is CCOCCCN=C(N)Nc1ccc(OC(F)(F)F)cc1.I. The Labute approximate surface area is 144 Å². The van der Waals surface area contributed by atoms with Crippen molar-refractivity contribution in [2.75, 3.05) is 25.1 Å². The number of halogens is 4. The van der Waals surface area contributed by atoms with Crippen molar-refractivity contribution in [3.63, 3.8) is 0 Å². The van der Waals surface area contributed by atoms with Gasteiger partial charge in [-0.2, -0.15) is 0 Å². The number of nitrogens with two attached hydrogens (primary N) is 1. The van der Waals surface area contributed by atoms with E-state index in [1.54, 1.807) is 0 Å². The van der Waals surface area contributed by atoms with Crippen molar-refractivity contribution in [1.29, 1.82) is 0 Å². The van der Waals surface area contributed by atoms with Gasteiger partial charge in [0.1, 0.15) is 5.75 Å². The summed E-state index contributed by atoms with van der Waals surface area (Å²) >= 11 is 0. The molecule has 0 bridgehead atoms. The fourth-order valence-electron chi connectivity index (χ4n) is 1.44. The van der Waals surface area contributed by atoms with Crippen molar-refractivity contribution in [2.24, 2.45) is 10.7 Å². The van der Waals surface area contributed by atoms with E-state index >= 15 is 0 Å². The van der Waals surface area contributed by atoms with Crippen LogP contribution in [0.3, 0.4) is 0 Å². The third-order valence-electron chi connectivity index (χ3n) is 2.29. The first-order chi connectivity index (χ1) is 9.90. The van der Waals surface area contributed by atoms with Crippen molar-refractivity contribution in [3.8, 4) is 5.75 Å². The van der Waals surface area contributed by atoms with Crippen LogP contribution in [-0.4, -0.2) is 32.1 Å². The molecule has 22 heavy (non-hydrogen) atoms. The lowest BCUT2D eigenvalue weighted by atomic mass is 10.3. The first kappa shape index (κ1) is 20.8. The maximum absolute atomic E-state index is 12.0. The van der Waals surface area contributed by atoms with Crippen molar-refractivity contribution < 1.29 is 22.6 Å². The van der Waals surface area contributed by atoms with E-state index in [1.165, 1.54) is 24.3 Å². The lowest BCUT2D eigenvalue weighted by Gasteiger charge is -2.10. The Morgan fingerprint density at radius 3 is 2.45 bits per heavy atom. The number of ether oxygens (including phenoxy) is 2. The molecule has 0 spiro atoms. The fraction of sp³-hybridized carbons (Fsp3) is 0.462. The molecule has 0 unspecified atom stereocenters. The van der Waals surface area contributed by atoms with Gasteiger partial charge >= 0.3 is 6.36 Å². The molecule has 0 aliphatic heterocycles. The van der Waals surface area contributed by atoms with Crippen LogP contribution in [0.15, 0.2) is 29.3 Å². The zero-order valence-corrected chi connectivity index (χ0v) is 14.4. The third-order valence-corrected chi connectivity index (χ3v) is 2.29. The van der Waals surface area contributed by atoms with E-state index in [-0.39, 0.29) is 35.7 Å². The molecular formula is C13H19F3IN3O2. The van der Waals surface area contributed by atoms with Crippen molar-refractivity contribution in [3.05, 3.63) is 24.3 Å². The smallest absolute Gasteiger partial charge is 0.406 e. The normalized spacial score (nSPS) is 11.7. The molecule has 0 saturated carbocycles. The second-order valence-electron chi connectivity index (χ2n) is 4.01. The number of anilines is 1. The van der Waals surface area contributed by atoms with E-state index < -0.39 is 6.36 Å². The number of hydrogen-bond acceptors (Lipinski definition) is 3. The highest BCUT2D eigenvalue weighted by Crippen LogP contribution is 2.23. The Hall–Kier alpha value is -1.23. The second-order valence-corrected chi connectivity index (χ2v) is 4.01. The number of nitrogens with one attached hydrogen (secondary N) is 1. The molecule has 0 radical (unpaired) electrons. The molecule has 0 aromatic heterocycles. The van der Waals surface area contributed by atoms with E-state index in [2.05, 4.69) is 15.0 Å². The van der Waals surface area contributed by atoms with Gasteiger partial charge in [0.05, 0.1) is 0 Å². The predicted molar refractivity (Wildman–Crippen MR) is 89.8 cm³/mol. The van der Waals surface area contributed by atoms with Crippen LogP contribution in [0.2, 0.25) is 0 Å². The summed E-state index contributed by atoms with van der Waals surface area (Å²) in [6.45, 7) is 3.68. The molecule has 1 aromatic carbocycles. The fourth-order valence-corrected chi connectivity index (χ4v) is 1.44. The van der Waals surface area contributed by atoms with Gasteiger partial charge in [0.2, 0.25) is 0 Å². The zero-order valence-electron chi connectivity index (χ0n) is 12.0. The zero-order chi connectivity index (χ0) is 15.7. The molecule has 126 valence electrons. The average molecular weight is 433 g/mol. The van der Waals surface area contributed by atoms with E-state index in [1.807, 2.05) is 6.92 Å². The highest BCUT2D eigenvalue weighted by Gasteiger charge is 2.30. The minimum Gasteiger partial charge on any atom is -0.406 e. The van der Waals surface area contributed by atoms with Crippen LogP contribution < -0.4 is 15.8 Å². The number of benzene rings is 1. The number of rotatable bonds is 7. The first-order valence-corrected chi connectivity index (χ1v) is 6.41. The van der Waals surface area contributed by atoms with Gasteiger partial charge in [-0.15, -0.1) is 37.1 Å². The highest BCUT2D eigenvalue weighted by atomic mass is 127. The number of hydrogen-bond donors (Lipinski definition) is 2. The molecule has 5 nitrogen and oxygen atoms in total. The lowest BCUT2D eigenvalue weighted by molar-refractivity contribution is -0.274. The minimum absolute atomic E-state index is 0. The van der Waals surface area contributed by atoms with Crippen LogP contribution in [0.4, 0.5) is 18.9 Å².